The van der Waals surface area contributed by atoms with Gasteiger partial charge in [0.15, 0.2) is 0 Å². The number of hydrogen-bond acceptors (Lipinski definition) is 2. The van der Waals surface area contributed by atoms with Crippen LogP contribution < -0.4 is 4.74 Å². The first kappa shape index (κ1) is 8.95. The summed E-state index contributed by atoms with van der Waals surface area (Å²) in [5.74, 6) is -1.43. The van der Waals surface area contributed by atoms with Crippen molar-refractivity contribution in [3.05, 3.63) is 28.8 Å². The number of fused-ring (bicyclic) bond motifs is 1. The fourth-order valence-corrected chi connectivity index (χ4v) is 1.59. The zero-order valence-electron chi connectivity index (χ0n) is 7.47. The number of nitrogens with zero attached hydrogens (tertiary/aromatic N) is 1. The van der Waals surface area contributed by atoms with Crippen molar-refractivity contribution < 1.29 is 13.5 Å². The lowest BCUT2D eigenvalue weighted by Gasteiger charge is -2.04. The summed E-state index contributed by atoms with van der Waals surface area (Å²) >= 11 is 0. The molecule has 2 nitrogen and oxygen atoms in total. The van der Waals surface area contributed by atoms with Gasteiger partial charge in [0.25, 0.3) is 0 Å². The molecule has 1 aliphatic rings. The van der Waals surface area contributed by atoms with Gasteiger partial charge < -0.3 is 4.74 Å². The van der Waals surface area contributed by atoms with E-state index in [1.165, 1.54) is 0 Å². The van der Waals surface area contributed by atoms with Gasteiger partial charge in [0, 0.05) is 18.1 Å². The smallest absolute Gasteiger partial charge is 0.147 e. The molecule has 1 aromatic rings. The molecule has 1 heterocycles. The Hall–Kier alpha value is -1.63. The van der Waals surface area contributed by atoms with E-state index in [-0.39, 0.29) is 17.4 Å². The standard InChI is InChI=1S/C10H7F2NO/c1-5-2-6-8(11)3-9(12)7(4-13)10(6)14-5/h3,5H,2H2,1H3. The first-order valence-corrected chi connectivity index (χ1v) is 4.21. The maximum atomic E-state index is 13.2. The lowest BCUT2D eigenvalue weighted by atomic mass is 10.1. The van der Waals surface area contributed by atoms with Crippen molar-refractivity contribution >= 4 is 0 Å². The lowest BCUT2D eigenvalue weighted by Crippen LogP contribution is -2.05. The molecule has 1 atom stereocenters. The van der Waals surface area contributed by atoms with E-state index in [0.29, 0.717) is 12.0 Å². The largest absolute Gasteiger partial charge is 0.488 e. The minimum Gasteiger partial charge on any atom is -0.488 e. The highest BCUT2D eigenvalue weighted by atomic mass is 19.1. The molecular weight excluding hydrogens is 188 g/mol. The summed E-state index contributed by atoms with van der Waals surface area (Å²) < 4.78 is 31.5. The molecule has 4 heteroatoms. The van der Waals surface area contributed by atoms with Crippen molar-refractivity contribution in [3.8, 4) is 11.8 Å². The minimum atomic E-state index is -0.863. The summed E-state index contributed by atoms with van der Waals surface area (Å²) in [6.45, 7) is 1.75. The van der Waals surface area contributed by atoms with Gasteiger partial charge >= 0.3 is 0 Å². The van der Waals surface area contributed by atoms with Crippen molar-refractivity contribution in [3.63, 3.8) is 0 Å². The first-order chi connectivity index (χ1) is 6.63. The van der Waals surface area contributed by atoms with Gasteiger partial charge in [-0.1, -0.05) is 0 Å². The average molecular weight is 195 g/mol. The minimum absolute atomic E-state index is 0.0671. The molecule has 0 N–H and O–H groups in total. The molecule has 0 spiro atoms. The first-order valence-electron chi connectivity index (χ1n) is 4.21. The highest BCUT2D eigenvalue weighted by molar-refractivity contribution is 5.52. The fourth-order valence-electron chi connectivity index (χ4n) is 1.59. The predicted molar refractivity (Wildman–Crippen MR) is 44.9 cm³/mol. The van der Waals surface area contributed by atoms with Crippen LogP contribution in [0.5, 0.6) is 5.75 Å². The van der Waals surface area contributed by atoms with E-state index in [2.05, 4.69) is 0 Å². The maximum Gasteiger partial charge on any atom is 0.147 e. The van der Waals surface area contributed by atoms with Gasteiger partial charge in [-0.2, -0.15) is 5.26 Å². The Morgan fingerprint density at radius 2 is 2.21 bits per heavy atom. The van der Waals surface area contributed by atoms with E-state index in [9.17, 15) is 8.78 Å². The molecule has 2 rings (SSSR count). The summed E-state index contributed by atoms with van der Waals surface area (Å²) in [5, 5.41) is 8.67. The van der Waals surface area contributed by atoms with Crippen LogP contribution in [0.2, 0.25) is 0 Å². The van der Waals surface area contributed by atoms with Gasteiger partial charge in [0.05, 0.1) is 0 Å². The van der Waals surface area contributed by atoms with E-state index < -0.39 is 11.6 Å². The normalized spacial score (nSPS) is 18.6. The summed E-state index contributed by atoms with van der Waals surface area (Å²) in [5.41, 5.74) is 0.0983. The van der Waals surface area contributed by atoms with Crippen LogP contribution >= 0.6 is 0 Å². The molecular formula is C10H7F2NO. The average Bonchev–Trinajstić information content (AvgIpc) is 2.48. The Morgan fingerprint density at radius 1 is 1.50 bits per heavy atom. The molecule has 1 aromatic carbocycles. The molecule has 0 amide bonds. The van der Waals surface area contributed by atoms with Crippen molar-refractivity contribution in [2.45, 2.75) is 19.4 Å². The highest BCUT2D eigenvalue weighted by Crippen LogP contribution is 2.35. The number of rotatable bonds is 0. The highest BCUT2D eigenvalue weighted by Gasteiger charge is 2.28. The quantitative estimate of drug-likeness (QED) is 0.635. The van der Waals surface area contributed by atoms with E-state index in [1.807, 2.05) is 0 Å². The Bertz CT molecular complexity index is 437. The molecule has 0 aromatic heterocycles. The number of ether oxygens (including phenoxy) is 1. The molecule has 0 aliphatic carbocycles. The van der Waals surface area contributed by atoms with E-state index in [4.69, 9.17) is 10.00 Å². The zero-order chi connectivity index (χ0) is 10.3. The third-order valence-corrected chi connectivity index (χ3v) is 2.20. The maximum absolute atomic E-state index is 13.2. The van der Waals surface area contributed by atoms with Gasteiger partial charge in [0.2, 0.25) is 0 Å². The van der Waals surface area contributed by atoms with Crippen LogP contribution in [0, 0.1) is 23.0 Å². The monoisotopic (exact) mass is 195 g/mol. The SMILES string of the molecule is CC1Cc2c(F)cc(F)c(C#N)c2O1. The molecule has 0 fully saturated rings. The summed E-state index contributed by atoms with van der Waals surface area (Å²) in [7, 11) is 0. The Labute approximate surface area is 79.7 Å². The Morgan fingerprint density at radius 3 is 2.86 bits per heavy atom. The van der Waals surface area contributed by atoms with Gasteiger partial charge in [-0.25, -0.2) is 8.78 Å². The van der Waals surface area contributed by atoms with Crippen molar-refractivity contribution in [2.24, 2.45) is 0 Å². The van der Waals surface area contributed by atoms with Crippen LogP contribution in [0.25, 0.3) is 0 Å². The number of nitriles is 1. The second-order valence-corrected chi connectivity index (χ2v) is 3.27. The number of halogens is 2. The van der Waals surface area contributed by atoms with Crippen LogP contribution in [-0.2, 0) is 6.42 Å². The van der Waals surface area contributed by atoms with Crippen molar-refractivity contribution in [1.82, 2.24) is 0 Å². The third-order valence-electron chi connectivity index (χ3n) is 2.20. The summed E-state index contributed by atoms with van der Waals surface area (Å²) in [6.07, 6.45) is 0.184. The fraction of sp³-hybridized carbons (Fsp3) is 0.300. The number of hydrogen-bond donors (Lipinski definition) is 0. The Kier molecular flexibility index (Phi) is 1.88. The van der Waals surface area contributed by atoms with Crippen LogP contribution in [0.1, 0.15) is 18.1 Å². The van der Waals surface area contributed by atoms with Crippen molar-refractivity contribution in [1.29, 1.82) is 5.26 Å². The van der Waals surface area contributed by atoms with Crippen LogP contribution in [0.3, 0.4) is 0 Å². The summed E-state index contributed by atoms with van der Waals surface area (Å²) in [6, 6.07) is 2.41. The molecule has 14 heavy (non-hydrogen) atoms. The van der Waals surface area contributed by atoms with Crippen molar-refractivity contribution in [2.75, 3.05) is 0 Å². The second-order valence-electron chi connectivity index (χ2n) is 3.27. The van der Waals surface area contributed by atoms with Gasteiger partial charge in [-0.05, 0) is 6.92 Å². The topological polar surface area (TPSA) is 33.0 Å². The molecule has 1 aliphatic heterocycles. The predicted octanol–water partition coefficient (Wildman–Crippen LogP) is 2.16. The number of benzene rings is 1. The molecule has 72 valence electrons. The van der Waals surface area contributed by atoms with Crippen LogP contribution in [-0.4, -0.2) is 6.10 Å². The van der Waals surface area contributed by atoms with Gasteiger partial charge in [-0.15, -0.1) is 0 Å². The molecule has 0 saturated heterocycles. The zero-order valence-corrected chi connectivity index (χ0v) is 7.47. The van der Waals surface area contributed by atoms with E-state index in [0.717, 1.165) is 6.07 Å². The third kappa shape index (κ3) is 1.13. The lowest BCUT2D eigenvalue weighted by molar-refractivity contribution is 0.253. The van der Waals surface area contributed by atoms with Gasteiger partial charge in [-0.3, -0.25) is 0 Å². The Balaban J connectivity index is 2.68. The molecule has 0 radical (unpaired) electrons. The van der Waals surface area contributed by atoms with E-state index in [1.54, 1.807) is 13.0 Å². The van der Waals surface area contributed by atoms with Crippen LogP contribution in [0.4, 0.5) is 8.78 Å². The van der Waals surface area contributed by atoms with Gasteiger partial charge in [0.1, 0.15) is 35.1 Å². The molecule has 0 bridgehead atoms. The summed E-state index contributed by atoms with van der Waals surface area (Å²) in [4.78, 5) is 0. The molecule has 0 saturated carbocycles. The van der Waals surface area contributed by atoms with E-state index >= 15 is 0 Å². The second kappa shape index (κ2) is 2.95. The molecule has 1 unspecified atom stereocenters. The van der Waals surface area contributed by atoms with Crippen LogP contribution in [0.15, 0.2) is 6.07 Å².